The van der Waals surface area contributed by atoms with Crippen molar-refractivity contribution < 1.29 is 9.84 Å². The molecule has 1 aliphatic rings. The summed E-state index contributed by atoms with van der Waals surface area (Å²) in [6, 6.07) is 0.762. The lowest BCUT2D eigenvalue weighted by molar-refractivity contribution is -0.108. The van der Waals surface area contributed by atoms with E-state index in [9.17, 15) is 5.11 Å². The maximum atomic E-state index is 9.24. The Morgan fingerprint density at radius 3 is 2.47 bits per heavy atom. The molecule has 1 rings (SSSR count). The van der Waals surface area contributed by atoms with Crippen LogP contribution in [0.4, 0.5) is 0 Å². The topological polar surface area (TPSA) is 58.7 Å². The van der Waals surface area contributed by atoms with Crippen LogP contribution in [0.25, 0.3) is 0 Å². The number of morpholine rings is 1. The second kappa shape index (κ2) is 5.65. The molecule has 1 aliphatic heterocycles. The molecule has 0 aromatic carbocycles. The van der Waals surface area contributed by atoms with Crippen molar-refractivity contribution >= 4 is 0 Å². The molecule has 4 atom stereocenters. The van der Waals surface area contributed by atoms with Gasteiger partial charge in [-0.2, -0.15) is 0 Å². The van der Waals surface area contributed by atoms with Crippen LogP contribution in [-0.4, -0.2) is 54.0 Å². The number of nitrogens with zero attached hydrogens (tertiary/aromatic N) is 1. The summed E-state index contributed by atoms with van der Waals surface area (Å²) in [5.74, 6) is 0. The molecule has 4 unspecified atom stereocenters. The van der Waals surface area contributed by atoms with Crippen LogP contribution in [0.1, 0.15) is 34.6 Å². The van der Waals surface area contributed by atoms with E-state index in [1.54, 1.807) is 0 Å². The van der Waals surface area contributed by atoms with E-state index < -0.39 is 0 Å². The van der Waals surface area contributed by atoms with Crippen molar-refractivity contribution in [3.05, 3.63) is 0 Å². The quantitative estimate of drug-likeness (QED) is 0.772. The van der Waals surface area contributed by atoms with Crippen molar-refractivity contribution in [1.82, 2.24) is 4.90 Å². The monoisotopic (exact) mass is 244 g/mol. The Hall–Kier alpha value is -0.160. The van der Waals surface area contributed by atoms with Crippen LogP contribution in [0.15, 0.2) is 0 Å². The summed E-state index contributed by atoms with van der Waals surface area (Å²) in [5.41, 5.74) is 6.28. The van der Waals surface area contributed by atoms with Crippen molar-refractivity contribution in [3.8, 4) is 0 Å². The Morgan fingerprint density at radius 2 is 2.06 bits per heavy atom. The summed E-state index contributed by atoms with van der Waals surface area (Å²) in [7, 11) is 0. The zero-order valence-electron chi connectivity index (χ0n) is 11.8. The smallest absolute Gasteiger partial charge is 0.0933 e. The lowest BCUT2D eigenvalue weighted by Gasteiger charge is -2.49. The van der Waals surface area contributed by atoms with E-state index in [0.717, 1.165) is 6.54 Å². The predicted octanol–water partition coefficient (Wildman–Crippen LogP) is 0.830. The molecule has 4 nitrogen and oxygen atoms in total. The molecule has 1 heterocycles. The van der Waals surface area contributed by atoms with Crippen molar-refractivity contribution in [3.63, 3.8) is 0 Å². The van der Waals surface area contributed by atoms with Crippen LogP contribution in [0.2, 0.25) is 0 Å². The van der Waals surface area contributed by atoms with Gasteiger partial charge in [-0.05, 0) is 19.3 Å². The summed E-state index contributed by atoms with van der Waals surface area (Å²) in [4.78, 5) is 2.40. The minimum atomic E-state index is -0.0743. The lowest BCUT2D eigenvalue weighted by Crippen LogP contribution is -2.61. The van der Waals surface area contributed by atoms with Crippen LogP contribution in [0.3, 0.4) is 0 Å². The first-order valence-corrected chi connectivity index (χ1v) is 6.51. The fourth-order valence-electron chi connectivity index (χ4n) is 2.93. The maximum absolute atomic E-state index is 9.24. The average Bonchev–Trinajstić information content (AvgIpc) is 2.18. The van der Waals surface area contributed by atoms with E-state index in [-0.39, 0.29) is 24.2 Å². The first-order chi connectivity index (χ1) is 7.77. The molecule has 1 fully saturated rings. The van der Waals surface area contributed by atoms with Crippen LogP contribution in [-0.2, 0) is 4.74 Å². The largest absolute Gasteiger partial charge is 0.394 e. The molecule has 0 radical (unpaired) electrons. The van der Waals surface area contributed by atoms with E-state index in [0.29, 0.717) is 18.7 Å². The van der Waals surface area contributed by atoms with Gasteiger partial charge >= 0.3 is 0 Å². The number of hydrogen-bond acceptors (Lipinski definition) is 4. The van der Waals surface area contributed by atoms with Gasteiger partial charge in [-0.15, -0.1) is 0 Å². The SMILES string of the molecule is CC(N)C(N1CC(CO)OCC1C)C(C)(C)C. The van der Waals surface area contributed by atoms with Gasteiger partial charge in [0.25, 0.3) is 0 Å². The zero-order chi connectivity index (χ0) is 13.2. The number of nitrogens with two attached hydrogens (primary N) is 1. The second-order valence-corrected chi connectivity index (χ2v) is 6.35. The van der Waals surface area contributed by atoms with E-state index in [2.05, 4.69) is 39.5 Å². The molecular formula is C13H28N2O2. The second-order valence-electron chi connectivity index (χ2n) is 6.35. The number of rotatable bonds is 3. The van der Waals surface area contributed by atoms with Gasteiger partial charge in [0.2, 0.25) is 0 Å². The third kappa shape index (κ3) is 3.65. The molecular weight excluding hydrogens is 216 g/mol. The van der Waals surface area contributed by atoms with Crippen LogP contribution in [0, 0.1) is 5.41 Å². The van der Waals surface area contributed by atoms with Gasteiger partial charge in [0.15, 0.2) is 0 Å². The minimum Gasteiger partial charge on any atom is -0.394 e. The molecule has 0 bridgehead atoms. The van der Waals surface area contributed by atoms with Crippen molar-refractivity contribution in [2.75, 3.05) is 19.8 Å². The summed E-state index contributed by atoms with van der Waals surface area (Å²) in [5, 5.41) is 9.24. The third-order valence-corrected chi connectivity index (χ3v) is 3.50. The first kappa shape index (κ1) is 14.9. The fraction of sp³-hybridized carbons (Fsp3) is 1.00. The van der Waals surface area contributed by atoms with Gasteiger partial charge in [-0.1, -0.05) is 20.8 Å². The van der Waals surface area contributed by atoms with Gasteiger partial charge in [-0.3, -0.25) is 4.90 Å². The Bertz CT molecular complexity index is 238. The molecule has 0 aromatic rings. The van der Waals surface area contributed by atoms with Crippen LogP contribution >= 0.6 is 0 Å². The Morgan fingerprint density at radius 1 is 1.47 bits per heavy atom. The summed E-state index contributed by atoms with van der Waals surface area (Å²) < 4.78 is 5.58. The molecule has 0 amide bonds. The Labute approximate surface area is 105 Å². The van der Waals surface area contributed by atoms with E-state index in [1.165, 1.54) is 0 Å². The van der Waals surface area contributed by atoms with Gasteiger partial charge in [0, 0.05) is 24.7 Å². The van der Waals surface area contributed by atoms with E-state index in [1.807, 2.05) is 0 Å². The number of ether oxygens (including phenoxy) is 1. The lowest BCUT2D eigenvalue weighted by atomic mass is 9.81. The zero-order valence-corrected chi connectivity index (χ0v) is 11.8. The van der Waals surface area contributed by atoms with Crippen molar-refractivity contribution in [2.45, 2.75) is 58.8 Å². The molecule has 102 valence electrons. The molecule has 0 spiro atoms. The number of aliphatic hydroxyl groups excluding tert-OH is 1. The molecule has 0 saturated carbocycles. The molecule has 4 heteroatoms. The predicted molar refractivity (Wildman–Crippen MR) is 69.9 cm³/mol. The van der Waals surface area contributed by atoms with Crippen molar-refractivity contribution in [2.24, 2.45) is 11.1 Å². The van der Waals surface area contributed by atoms with Crippen LogP contribution in [0.5, 0.6) is 0 Å². The molecule has 3 N–H and O–H groups in total. The van der Waals surface area contributed by atoms with E-state index in [4.69, 9.17) is 10.5 Å². The van der Waals surface area contributed by atoms with Gasteiger partial charge in [0.1, 0.15) is 0 Å². The summed E-state index contributed by atoms with van der Waals surface area (Å²) in [6.45, 7) is 12.4. The third-order valence-electron chi connectivity index (χ3n) is 3.50. The average molecular weight is 244 g/mol. The van der Waals surface area contributed by atoms with E-state index >= 15 is 0 Å². The summed E-state index contributed by atoms with van der Waals surface area (Å²) in [6.07, 6.45) is -0.0743. The number of hydrogen-bond donors (Lipinski definition) is 2. The molecule has 1 saturated heterocycles. The Kier molecular flexibility index (Phi) is 4.95. The van der Waals surface area contributed by atoms with Gasteiger partial charge in [0.05, 0.1) is 19.3 Å². The summed E-state index contributed by atoms with van der Waals surface area (Å²) >= 11 is 0. The standard InChI is InChI=1S/C13H28N2O2/c1-9-8-17-11(7-16)6-15(9)12(10(2)14)13(3,4)5/h9-12,16H,6-8,14H2,1-5H3. The molecule has 17 heavy (non-hydrogen) atoms. The number of aliphatic hydroxyl groups is 1. The molecule has 0 aromatic heterocycles. The Balaban J connectivity index is 2.84. The maximum Gasteiger partial charge on any atom is 0.0933 e. The molecule has 0 aliphatic carbocycles. The fourth-order valence-corrected chi connectivity index (χ4v) is 2.93. The van der Waals surface area contributed by atoms with Crippen molar-refractivity contribution in [1.29, 1.82) is 0 Å². The van der Waals surface area contributed by atoms with Gasteiger partial charge in [-0.25, -0.2) is 0 Å². The minimum absolute atomic E-state index is 0.0743. The van der Waals surface area contributed by atoms with Crippen LogP contribution < -0.4 is 5.73 Å². The first-order valence-electron chi connectivity index (χ1n) is 6.51. The highest BCUT2D eigenvalue weighted by Gasteiger charge is 2.38. The highest BCUT2D eigenvalue weighted by Crippen LogP contribution is 2.29. The van der Waals surface area contributed by atoms with Gasteiger partial charge < -0.3 is 15.6 Å². The normalized spacial score (nSPS) is 31.2. The highest BCUT2D eigenvalue weighted by molar-refractivity contribution is 4.93. The highest BCUT2D eigenvalue weighted by atomic mass is 16.5.